The van der Waals surface area contributed by atoms with Crippen LogP contribution in [0.5, 0.6) is 0 Å². The van der Waals surface area contributed by atoms with Gasteiger partial charge in [0.1, 0.15) is 17.2 Å². The zero-order valence-electron chi connectivity index (χ0n) is 10.1. The topological polar surface area (TPSA) is 20.7 Å². The zero-order chi connectivity index (χ0) is 15.3. The Bertz CT molecular complexity index is 910. The summed E-state index contributed by atoms with van der Waals surface area (Å²) < 4.78 is 41.8. The molecule has 0 aliphatic rings. The Morgan fingerprint density at radius 3 is 2.14 bits per heavy atom. The molecular weight excluding hydrogens is 344 g/mol. The predicted molar refractivity (Wildman–Crippen MR) is 78.4 cm³/mol. The number of aromatic amines is 1. The van der Waals surface area contributed by atoms with Crippen molar-refractivity contribution in [3.8, 4) is 5.69 Å². The Labute approximate surface area is 131 Å². The van der Waals surface area contributed by atoms with Crippen molar-refractivity contribution < 1.29 is 13.2 Å². The van der Waals surface area contributed by atoms with Crippen molar-refractivity contribution in [3.63, 3.8) is 0 Å². The van der Waals surface area contributed by atoms with Gasteiger partial charge in [-0.1, -0.05) is 23.2 Å². The molecule has 0 aliphatic carbocycles. The maximum atomic E-state index is 13.8. The van der Waals surface area contributed by atoms with Crippen molar-refractivity contribution in [1.82, 2.24) is 9.55 Å². The normalized spacial score (nSPS) is 11.3. The fourth-order valence-corrected chi connectivity index (χ4v) is 3.02. The quantitative estimate of drug-likeness (QED) is 0.583. The molecule has 3 rings (SSSR count). The zero-order valence-corrected chi connectivity index (χ0v) is 12.4. The van der Waals surface area contributed by atoms with Gasteiger partial charge in [0.25, 0.3) is 0 Å². The molecule has 0 spiro atoms. The Morgan fingerprint density at radius 1 is 0.952 bits per heavy atom. The van der Waals surface area contributed by atoms with Crippen molar-refractivity contribution in [1.29, 1.82) is 0 Å². The van der Waals surface area contributed by atoms with E-state index >= 15 is 0 Å². The van der Waals surface area contributed by atoms with E-state index in [9.17, 15) is 13.2 Å². The third kappa shape index (κ3) is 2.33. The Morgan fingerprint density at radius 2 is 1.52 bits per heavy atom. The minimum Gasteiger partial charge on any atom is -0.328 e. The van der Waals surface area contributed by atoms with Gasteiger partial charge in [-0.3, -0.25) is 4.57 Å². The molecule has 1 aromatic heterocycles. The van der Waals surface area contributed by atoms with Gasteiger partial charge in [0, 0.05) is 12.1 Å². The number of hydrogen-bond acceptors (Lipinski definition) is 1. The molecule has 0 atom stereocenters. The van der Waals surface area contributed by atoms with Gasteiger partial charge < -0.3 is 4.98 Å². The monoisotopic (exact) mass is 348 g/mol. The molecular formula is C13H5Cl2F3N2S. The number of rotatable bonds is 1. The van der Waals surface area contributed by atoms with Crippen LogP contribution in [0.2, 0.25) is 10.0 Å². The molecule has 1 heterocycles. The van der Waals surface area contributed by atoms with Crippen LogP contribution in [0.1, 0.15) is 0 Å². The summed E-state index contributed by atoms with van der Waals surface area (Å²) in [4.78, 5) is 2.62. The van der Waals surface area contributed by atoms with E-state index in [0.29, 0.717) is 0 Å². The van der Waals surface area contributed by atoms with Gasteiger partial charge in [-0.15, -0.1) is 0 Å². The third-order valence-electron chi connectivity index (χ3n) is 2.92. The van der Waals surface area contributed by atoms with Gasteiger partial charge in [-0.25, -0.2) is 13.2 Å². The number of imidazole rings is 1. The highest BCUT2D eigenvalue weighted by Crippen LogP contribution is 2.33. The fraction of sp³-hybridized carbons (Fsp3) is 0. The molecule has 8 heteroatoms. The first kappa shape index (κ1) is 14.4. The van der Waals surface area contributed by atoms with Gasteiger partial charge in [0.05, 0.1) is 21.2 Å². The molecule has 0 radical (unpaired) electrons. The summed E-state index contributed by atoms with van der Waals surface area (Å²) in [6, 6.07) is 3.89. The lowest BCUT2D eigenvalue weighted by Crippen LogP contribution is -1.98. The van der Waals surface area contributed by atoms with Crippen LogP contribution in [0.3, 0.4) is 0 Å². The van der Waals surface area contributed by atoms with Gasteiger partial charge >= 0.3 is 0 Å². The maximum Gasteiger partial charge on any atom is 0.182 e. The fourth-order valence-electron chi connectivity index (χ4n) is 2.10. The van der Waals surface area contributed by atoms with E-state index in [1.165, 1.54) is 4.57 Å². The van der Waals surface area contributed by atoms with Crippen molar-refractivity contribution in [2.24, 2.45) is 0 Å². The summed E-state index contributed by atoms with van der Waals surface area (Å²) in [6.07, 6.45) is 0. The van der Waals surface area contributed by atoms with Crippen molar-refractivity contribution in [3.05, 3.63) is 56.5 Å². The van der Waals surface area contributed by atoms with E-state index in [-0.39, 0.29) is 31.5 Å². The minimum absolute atomic E-state index is 0.0119. The molecule has 1 N–H and O–H groups in total. The summed E-state index contributed by atoms with van der Waals surface area (Å²) in [5.41, 5.74) is 0.284. The number of fused-ring (bicyclic) bond motifs is 1. The summed E-state index contributed by atoms with van der Waals surface area (Å²) in [5, 5.41) is -0.0525. The molecule has 0 saturated carbocycles. The maximum absolute atomic E-state index is 13.8. The van der Waals surface area contributed by atoms with E-state index < -0.39 is 17.5 Å². The summed E-state index contributed by atoms with van der Waals surface area (Å²) in [6.45, 7) is 0. The Balaban J connectivity index is 2.47. The smallest absolute Gasteiger partial charge is 0.182 e. The number of hydrogen-bond donors (Lipinski definition) is 1. The molecule has 21 heavy (non-hydrogen) atoms. The van der Waals surface area contributed by atoms with Gasteiger partial charge in [0.2, 0.25) is 0 Å². The number of H-pyrrole nitrogens is 1. The number of halogens is 5. The summed E-state index contributed by atoms with van der Waals surface area (Å²) in [5.74, 6) is -2.21. The largest absolute Gasteiger partial charge is 0.328 e. The highest BCUT2D eigenvalue weighted by Gasteiger charge is 2.17. The van der Waals surface area contributed by atoms with Crippen LogP contribution in [0.15, 0.2) is 24.3 Å². The lowest BCUT2D eigenvalue weighted by Gasteiger charge is -2.10. The molecule has 0 unspecified atom stereocenters. The molecule has 3 aromatic rings. The number of nitrogens with zero attached hydrogens (tertiary/aromatic N) is 1. The van der Waals surface area contributed by atoms with Crippen molar-refractivity contribution in [2.45, 2.75) is 0 Å². The lowest BCUT2D eigenvalue weighted by atomic mass is 10.2. The molecule has 0 bridgehead atoms. The van der Waals surface area contributed by atoms with Gasteiger partial charge in [0.15, 0.2) is 10.6 Å². The molecule has 108 valence electrons. The summed E-state index contributed by atoms with van der Waals surface area (Å²) >= 11 is 17.1. The SMILES string of the molecule is Fc1cc(Cl)c(-n2c(=S)[nH]c3c(F)cc(F)cc32)c(Cl)c1. The molecule has 2 nitrogen and oxygen atoms in total. The average Bonchev–Trinajstić information content (AvgIpc) is 2.66. The highest BCUT2D eigenvalue weighted by atomic mass is 35.5. The standard InChI is InChI=1S/C13H5Cl2F3N2S/c14-7-1-5(16)2-8(15)12(7)20-10-4-6(17)3-9(18)11(10)19-13(20)21/h1-4H,(H,19,21). The van der Waals surface area contributed by atoms with Crippen LogP contribution in [-0.2, 0) is 0 Å². The number of aromatic nitrogens is 2. The van der Waals surface area contributed by atoms with Gasteiger partial charge in [-0.05, 0) is 24.4 Å². The van der Waals surface area contributed by atoms with E-state index in [1.807, 2.05) is 0 Å². The van der Waals surface area contributed by atoms with Crippen LogP contribution in [0.25, 0.3) is 16.7 Å². The Hall–Kier alpha value is -1.50. The number of nitrogens with one attached hydrogen (secondary N) is 1. The number of benzene rings is 2. The lowest BCUT2D eigenvalue weighted by molar-refractivity contribution is 0.590. The minimum atomic E-state index is -0.802. The van der Waals surface area contributed by atoms with Crippen molar-refractivity contribution in [2.75, 3.05) is 0 Å². The average molecular weight is 349 g/mol. The molecule has 0 amide bonds. The second kappa shape index (κ2) is 5.05. The van der Waals surface area contributed by atoms with Crippen LogP contribution < -0.4 is 0 Å². The molecule has 0 aliphatic heterocycles. The predicted octanol–water partition coefficient (Wildman–Crippen LogP) is 5.41. The first-order valence-corrected chi connectivity index (χ1v) is 6.79. The van der Waals surface area contributed by atoms with Gasteiger partial charge in [-0.2, -0.15) is 0 Å². The first-order valence-electron chi connectivity index (χ1n) is 5.63. The van der Waals surface area contributed by atoms with Crippen LogP contribution in [0, 0.1) is 22.2 Å². The molecule has 0 fully saturated rings. The van der Waals surface area contributed by atoms with E-state index in [1.54, 1.807) is 0 Å². The van der Waals surface area contributed by atoms with E-state index in [0.717, 1.165) is 24.3 Å². The van der Waals surface area contributed by atoms with Crippen LogP contribution in [-0.4, -0.2) is 9.55 Å². The van der Waals surface area contributed by atoms with Crippen LogP contribution in [0.4, 0.5) is 13.2 Å². The van der Waals surface area contributed by atoms with E-state index in [2.05, 4.69) is 4.98 Å². The second-order valence-corrected chi connectivity index (χ2v) is 5.47. The Kier molecular flexibility index (Phi) is 3.47. The van der Waals surface area contributed by atoms with Crippen molar-refractivity contribution >= 4 is 46.5 Å². The molecule has 0 saturated heterocycles. The van der Waals surface area contributed by atoms with Crippen LogP contribution >= 0.6 is 35.4 Å². The highest BCUT2D eigenvalue weighted by molar-refractivity contribution is 7.71. The second-order valence-electron chi connectivity index (χ2n) is 4.27. The molecule has 2 aromatic carbocycles. The first-order chi connectivity index (χ1) is 9.88. The van der Waals surface area contributed by atoms with E-state index in [4.69, 9.17) is 35.4 Å². The third-order valence-corrected chi connectivity index (χ3v) is 3.78. The summed E-state index contributed by atoms with van der Waals surface area (Å²) in [7, 11) is 0.